The van der Waals surface area contributed by atoms with Gasteiger partial charge in [0.2, 0.25) is 5.91 Å². The number of carbonyl (C=O) groups excluding carboxylic acids is 1. The summed E-state index contributed by atoms with van der Waals surface area (Å²) in [6.07, 6.45) is 0.933. The zero-order chi connectivity index (χ0) is 10.8. The second kappa shape index (κ2) is 4.33. The second-order valence-corrected chi connectivity index (χ2v) is 5.05. The maximum atomic E-state index is 12.1. The van der Waals surface area contributed by atoms with Crippen LogP contribution in [-0.4, -0.2) is 29.9 Å². The molecule has 0 aromatic carbocycles. The first-order valence-electron chi connectivity index (χ1n) is 5.26. The molecule has 2 N–H and O–H groups in total. The molecule has 1 aromatic heterocycles. The molecule has 1 aliphatic heterocycles. The van der Waals surface area contributed by atoms with Gasteiger partial charge >= 0.3 is 0 Å². The largest absolute Gasteiger partial charge is 0.341 e. The Morgan fingerprint density at radius 2 is 2.53 bits per heavy atom. The Balaban J connectivity index is 2.02. The van der Waals surface area contributed by atoms with Gasteiger partial charge in [-0.15, -0.1) is 11.3 Å². The predicted octanol–water partition coefficient (Wildman–Crippen LogP) is 1.41. The van der Waals surface area contributed by atoms with Crippen molar-refractivity contribution in [2.24, 2.45) is 5.73 Å². The van der Waals surface area contributed by atoms with E-state index in [2.05, 4.69) is 0 Å². The van der Waals surface area contributed by atoms with Crippen molar-refractivity contribution in [1.82, 2.24) is 4.90 Å². The molecule has 1 amide bonds. The van der Waals surface area contributed by atoms with Gasteiger partial charge in [0.15, 0.2) is 0 Å². The summed E-state index contributed by atoms with van der Waals surface area (Å²) in [5, 5.41) is 2.01. The van der Waals surface area contributed by atoms with Crippen LogP contribution in [0.2, 0.25) is 0 Å². The Morgan fingerprint density at radius 3 is 3.07 bits per heavy atom. The molecule has 1 aromatic rings. The van der Waals surface area contributed by atoms with Crippen LogP contribution >= 0.6 is 11.3 Å². The van der Waals surface area contributed by atoms with E-state index in [1.54, 1.807) is 11.3 Å². The molecule has 0 aliphatic carbocycles. The topological polar surface area (TPSA) is 46.3 Å². The number of nitrogens with zero attached hydrogens (tertiary/aromatic N) is 1. The molecule has 0 radical (unpaired) electrons. The molecule has 1 saturated heterocycles. The lowest BCUT2D eigenvalue weighted by atomic mass is 10.1. The standard InChI is InChI=1S/C11H16N2OS/c1-8(10-3-2-6-15-10)11(14)13-5-4-9(12)7-13/h2-3,6,8-9H,4-5,7,12H2,1H3/t8?,9-/m1/s1. The van der Waals surface area contributed by atoms with E-state index in [4.69, 9.17) is 5.73 Å². The number of thiophene rings is 1. The number of nitrogens with two attached hydrogens (primary N) is 1. The maximum Gasteiger partial charge on any atom is 0.230 e. The van der Waals surface area contributed by atoms with Crippen molar-refractivity contribution in [3.8, 4) is 0 Å². The third-order valence-corrected chi connectivity index (χ3v) is 3.93. The summed E-state index contributed by atoms with van der Waals surface area (Å²) in [6.45, 7) is 3.50. The molecule has 1 unspecified atom stereocenters. The lowest BCUT2D eigenvalue weighted by Crippen LogP contribution is -2.34. The molecule has 2 heterocycles. The van der Waals surface area contributed by atoms with E-state index in [9.17, 15) is 4.79 Å². The van der Waals surface area contributed by atoms with Gasteiger partial charge in [0, 0.05) is 24.0 Å². The van der Waals surface area contributed by atoms with E-state index >= 15 is 0 Å². The molecule has 15 heavy (non-hydrogen) atoms. The molecule has 0 bridgehead atoms. The Bertz CT molecular complexity index is 336. The van der Waals surface area contributed by atoms with E-state index < -0.39 is 0 Å². The van der Waals surface area contributed by atoms with Gasteiger partial charge in [-0.25, -0.2) is 0 Å². The van der Waals surface area contributed by atoms with E-state index in [-0.39, 0.29) is 17.9 Å². The molecule has 82 valence electrons. The average molecular weight is 224 g/mol. The van der Waals surface area contributed by atoms with Crippen molar-refractivity contribution in [3.05, 3.63) is 22.4 Å². The fourth-order valence-electron chi connectivity index (χ4n) is 1.92. The quantitative estimate of drug-likeness (QED) is 0.825. The highest BCUT2D eigenvalue weighted by Crippen LogP contribution is 2.24. The summed E-state index contributed by atoms with van der Waals surface area (Å²) in [6, 6.07) is 4.17. The fraction of sp³-hybridized carbons (Fsp3) is 0.545. The van der Waals surface area contributed by atoms with Crippen molar-refractivity contribution >= 4 is 17.2 Å². The normalized spacial score (nSPS) is 23.1. The molecule has 1 aliphatic rings. The van der Waals surface area contributed by atoms with Gasteiger partial charge < -0.3 is 10.6 Å². The Kier molecular flexibility index (Phi) is 3.07. The minimum Gasteiger partial charge on any atom is -0.341 e. The molecule has 2 atom stereocenters. The summed E-state index contributed by atoms with van der Waals surface area (Å²) in [7, 11) is 0. The van der Waals surface area contributed by atoms with Crippen LogP contribution in [0.25, 0.3) is 0 Å². The van der Waals surface area contributed by atoms with Crippen molar-refractivity contribution in [2.45, 2.75) is 25.3 Å². The lowest BCUT2D eigenvalue weighted by Gasteiger charge is -2.19. The van der Waals surface area contributed by atoms with E-state index in [0.29, 0.717) is 6.54 Å². The molecular weight excluding hydrogens is 208 g/mol. The SMILES string of the molecule is CC(C(=O)N1CC[C@@H](N)C1)c1cccs1. The van der Waals surface area contributed by atoms with Gasteiger partial charge in [0.05, 0.1) is 5.92 Å². The van der Waals surface area contributed by atoms with Gasteiger partial charge in [-0.1, -0.05) is 6.07 Å². The summed E-state index contributed by atoms with van der Waals surface area (Å²) < 4.78 is 0. The molecule has 4 heteroatoms. The van der Waals surface area contributed by atoms with Crippen molar-refractivity contribution in [2.75, 3.05) is 13.1 Å². The summed E-state index contributed by atoms with van der Waals surface area (Å²) in [4.78, 5) is 15.1. The summed E-state index contributed by atoms with van der Waals surface area (Å²) in [5.41, 5.74) is 5.79. The highest BCUT2D eigenvalue weighted by Gasteiger charge is 2.27. The van der Waals surface area contributed by atoms with Crippen LogP contribution in [0.3, 0.4) is 0 Å². The predicted molar refractivity (Wildman–Crippen MR) is 61.9 cm³/mol. The molecule has 2 rings (SSSR count). The summed E-state index contributed by atoms with van der Waals surface area (Å²) in [5.74, 6) is 0.195. The van der Waals surface area contributed by atoms with Crippen molar-refractivity contribution in [3.63, 3.8) is 0 Å². The lowest BCUT2D eigenvalue weighted by molar-refractivity contribution is -0.131. The first-order valence-corrected chi connectivity index (χ1v) is 6.14. The number of amides is 1. The van der Waals surface area contributed by atoms with E-state index in [0.717, 1.165) is 17.8 Å². The number of hydrogen-bond donors (Lipinski definition) is 1. The second-order valence-electron chi connectivity index (χ2n) is 4.07. The van der Waals surface area contributed by atoms with Crippen LogP contribution in [0.4, 0.5) is 0 Å². The van der Waals surface area contributed by atoms with Gasteiger partial charge in [0.1, 0.15) is 0 Å². The number of carbonyl (C=O) groups is 1. The fourth-order valence-corrected chi connectivity index (χ4v) is 2.70. The minimum absolute atomic E-state index is 0.0182. The molecule has 3 nitrogen and oxygen atoms in total. The van der Waals surface area contributed by atoms with Gasteiger partial charge in [-0.05, 0) is 24.8 Å². The van der Waals surface area contributed by atoms with Crippen LogP contribution in [0, 0.1) is 0 Å². The average Bonchev–Trinajstić information content (AvgIpc) is 2.85. The number of rotatable bonds is 2. The van der Waals surface area contributed by atoms with Crippen LogP contribution in [0.5, 0.6) is 0 Å². The van der Waals surface area contributed by atoms with Crippen LogP contribution in [-0.2, 0) is 4.79 Å². The van der Waals surface area contributed by atoms with E-state index in [1.807, 2.05) is 29.3 Å². The first-order chi connectivity index (χ1) is 7.18. The van der Waals surface area contributed by atoms with Crippen molar-refractivity contribution in [1.29, 1.82) is 0 Å². The van der Waals surface area contributed by atoms with Crippen molar-refractivity contribution < 1.29 is 4.79 Å². The monoisotopic (exact) mass is 224 g/mol. The molecular formula is C11H16N2OS. The molecule has 0 saturated carbocycles. The molecule has 0 spiro atoms. The van der Waals surface area contributed by atoms with E-state index in [1.165, 1.54) is 0 Å². The van der Waals surface area contributed by atoms with Crippen LogP contribution < -0.4 is 5.73 Å². The smallest absolute Gasteiger partial charge is 0.230 e. The Labute approximate surface area is 93.9 Å². The summed E-state index contributed by atoms with van der Waals surface area (Å²) >= 11 is 1.64. The third kappa shape index (κ3) is 2.21. The number of hydrogen-bond acceptors (Lipinski definition) is 3. The first kappa shape index (κ1) is 10.6. The third-order valence-electron chi connectivity index (χ3n) is 2.88. The maximum absolute atomic E-state index is 12.1. The highest BCUT2D eigenvalue weighted by atomic mass is 32.1. The van der Waals surface area contributed by atoms with Gasteiger partial charge in [0.25, 0.3) is 0 Å². The van der Waals surface area contributed by atoms with Crippen LogP contribution in [0.1, 0.15) is 24.1 Å². The number of likely N-dealkylation sites (tertiary alicyclic amines) is 1. The van der Waals surface area contributed by atoms with Gasteiger partial charge in [-0.2, -0.15) is 0 Å². The Morgan fingerprint density at radius 1 is 1.73 bits per heavy atom. The highest BCUT2D eigenvalue weighted by molar-refractivity contribution is 7.10. The zero-order valence-corrected chi connectivity index (χ0v) is 9.67. The Hall–Kier alpha value is -0.870. The minimum atomic E-state index is -0.0182. The molecule has 1 fully saturated rings. The van der Waals surface area contributed by atoms with Gasteiger partial charge in [-0.3, -0.25) is 4.79 Å². The zero-order valence-electron chi connectivity index (χ0n) is 8.85. The van der Waals surface area contributed by atoms with Crippen LogP contribution in [0.15, 0.2) is 17.5 Å².